The predicted molar refractivity (Wildman–Crippen MR) is 92.3 cm³/mol. The molecule has 0 unspecified atom stereocenters. The Balaban J connectivity index is 2.06. The number of amides is 1. The molecule has 5 heteroatoms. The molecule has 2 N–H and O–H groups in total. The minimum Gasteiger partial charge on any atom is -0.385 e. The van der Waals surface area contributed by atoms with Gasteiger partial charge in [0.2, 0.25) is 0 Å². The number of anilines is 2. The van der Waals surface area contributed by atoms with Crippen LogP contribution in [-0.2, 0) is 4.74 Å². The van der Waals surface area contributed by atoms with E-state index in [2.05, 4.69) is 15.6 Å². The molecule has 5 nitrogen and oxygen atoms in total. The Labute approximate surface area is 137 Å². The van der Waals surface area contributed by atoms with Gasteiger partial charge in [-0.2, -0.15) is 0 Å². The summed E-state index contributed by atoms with van der Waals surface area (Å²) in [5.41, 5.74) is 3.89. The van der Waals surface area contributed by atoms with Crippen LogP contribution in [0.25, 0.3) is 0 Å². The number of ether oxygens (including phenoxy) is 1. The maximum Gasteiger partial charge on any atom is 0.251 e. The minimum absolute atomic E-state index is 0.104. The van der Waals surface area contributed by atoms with Gasteiger partial charge in [0, 0.05) is 37.7 Å². The van der Waals surface area contributed by atoms with Gasteiger partial charge in [-0.3, -0.25) is 4.79 Å². The fourth-order valence-electron chi connectivity index (χ4n) is 2.30. The van der Waals surface area contributed by atoms with Crippen molar-refractivity contribution in [3.63, 3.8) is 0 Å². The standard InChI is InChI=1S/C18H23N3O2/c1-13-6-4-7-14(2)17(13)21-16-12-15(8-10-19-16)18(22)20-9-5-11-23-3/h4,6-8,10,12H,5,9,11H2,1-3H3,(H,19,21)(H,20,22). The smallest absolute Gasteiger partial charge is 0.251 e. The van der Waals surface area contributed by atoms with Crippen LogP contribution in [0, 0.1) is 13.8 Å². The van der Waals surface area contributed by atoms with Gasteiger partial charge in [0.25, 0.3) is 5.91 Å². The number of pyridine rings is 1. The lowest BCUT2D eigenvalue weighted by Gasteiger charge is -2.12. The lowest BCUT2D eigenvalue weighted by Crippen LogP contribution is -2.25. The van der Waals surface area contributed by atoms with Crippen molar-refractivity contribution in [1.82, 2.24) is 10.3 Å². The number of para-hydroxylation sites is 1. The summed E-state index contributed by atoms with van der Waals surface area (Å²) in [5.74, 6) is 0.556. The summed E-state index contributed by atoms with van der Waals surface area (Å²) >= 11 is 0. The molecular weight excluding hydrogens is 290 g/mol. The van der Waals surface area contributed by atoms with Crippen LogP contribution in [-0.4, -0.2) is 31.2 Å². The van der Waals surface area contributed by atoms with Gasteiger partial charge in [0.1, 0.15) is 5.82 Å². The maximum atomic E-state index is 12.1. The van der Waals surface area contributed by atoms with Crippen LogP contribution in [0.4, 0.5) is 11.5 Å². The molecular formula is C18H23N3O2. The van der Waals surface area contributed by atoms with E-state index in [4.69, 9.17) is 4.74 Å². The molecule has 0 bridgehead atoms. The highest BCUT2D eigenvalue weighted by atomic mass is 16.5. The zero-order chi connectivity index (χ0) is 16.7. The molecule has 0 aliphatic heterocycles. The van der Waals surface area contributed by atoms with Crippen molar-refractivity contribution in [2.75, 3.05) is 25.6 Å². The van der Waals surface area contributed by atoms with Gasteiger partial charge in [-0.1, -0.05) is 18.2 Å². The molecule has 1 aromatic carbocycles. The third kappa shape index (κ3) is 4.79. The van der Waals surface area contributed by atoms with Crippen LogP contribution in [0.3, 0.4) is 0 Å². The summed E-state index contributed by atoms with van der Waals surface area (Å²) in [7, 11) is 1.65. The minimum atomic E-state index is -0.104. The van der Waals surface area contributed by atoms with Crippen molar-refractivity contribution in [2.24, 2.45) is 0 Å². The number of carbonyl (C=O) groups is 1. The Bertz CT molecular complexity index is 651. The van der Waals surface area contributed by atoms with E-state index >= 15 is 0 Å². The van der Waals surface area contributed by atoms with E-state index in [0.29, 0.717) is 24.5 Å². The highest BCUT2D eigenvalue weighted by molar-refractivity contribution is 5.94. The van der Waals surface area contributed by atoms with E-state index in [1.165, 1.54) is 0 Å². The number of nitrogens with one attached hydrogen (secondary N) is 2. The number of aromatic nitrogens is 1. The third-order valence-electron chi connectivity index (χ3n) is 3.57. The highest BCUT2D eigenvalue weighted by Gasteiger charge is 2.08. The topological polar surface area (TPSA) is 63.2 Å². The van der Waals surface area contributed by atoms with Crippen LogP contribution < -0.4 is 10.6 Å². The molecule has 0 saturated heterocycles. The van der Waals surface area contributed by atoms with E-state index in [0.717, 1.165) is 23.2 Å². The molecule has 1 aromatic heterocycles. The third-order valence-corrected chi connectivity index (χ3v) is 3.57. The van der Waals surface area contributed by atoms with Crippen LogP contribution >= 0.6 is 0 Å². The number of benzene rings is 1. The summed E-state index contributed by atoms with van der Waals surface area (Å²) in [6.07, 6.45) is 2.43. The number of nitrogens with zero attached hydrogens (tertiary/aromatic N) is 1. The first-order valence-electron chi connectivity index (χ1n) is 7.68. The average Bonchev–Trinajstić information content (AvgIpc) is 2.55. The number of rotatable bonds is 7. The quantitative estimate of drug-likeness (QED) is 0.771. The van der Waals surface area contributed by atoms with Crippen molar-refractivity contribution in [3.8, 4) is 0 Å². The predicted octanol–water partition coefficient (Wildman–Crippen LogP) is 3.21. The molecule has 0 aliphatic rings. The Kier molecular flexibility index (Phi) is 6.11. The van der Waals surface area contributed by atoms with E-state index < -0.39 is 0 Å². The number of methoxy groups -OCH3 is 1. The first-order chi connectivity index (χ1) is 11.1. The summed E-state index contributed by atoms with van der Waals surface area (Å²) in [6.45, 7) is 5.31. The molecule has 1 heterocycles. The first kappa shape index (κ1) is 17.0. The van der Waals surface area contributed by atoms with Crippen LogP contribution in [0.2, 0.25) is 0 Å². The van der Waals surface area contributed by atoms with Gasteiger partial charge in [0.05, 0.1) is 0 Å². The van der Waals surface area contributed by atoms with Gasteiger partial charge >= 0.3 is 0 Å². The average molecular weight is 313 g/mol. The maximum absolute atomic E-state index is 12.1. The summed E-state index contributed by atoms with van der Waals surface area (Å²) < 4.78 is 4.97. The molecule has 23 heavy (non-hydrogen) atoms. The molecule has 0 spiro atoms. The van der Waals surface area contributed by atoms with Gasteiger partial charge in [-0.05, 0) is 43.5 Å². The summed E-state index contributed by atoms with van der Waals surface area (Å²) in [6, 6.07) is 9.58. The highest BCUT2D eigenvalue weighted by Crippen LogP contribution is 2.23. The summed E-state index contributed by atoms with van der Waals surface area (Å²) in [4.78, 5) is 16.4. The second-order valence-corrected chi connectivity index (χ2v) is 5.42. The lowest BCUT2D eigenvalue weighted by molar-refractivity contribution is 0.0948. The molecule has 2 aromatic rings. The fourth-order valence-corrected chi connectivity index (χ4v) is 2.30. The second-order valence-electron chi connectivity index (χ2n) is 5.42. The Morgan fingerprint density at radius 2 is 1.96 bits per heavy atom. The normalized spacial score (nSPS) is 10.4. The zero-order valence-electron chi connectivity index (χ0n) is 13.8. The summed E-state index contributed by atoms with van der Waals surface area (Å²) in [5, 5.41) is 6.17. The number of carbonyl (C=O) groups excluding carboxylic acids is 1. The second kappa shape index (κ2) is 8.29. The van der Waals surface area contributed by atoms with Crippen molar-refractivity contribution >= 4 is 17.4 Å². The first-order valence-corrected chi connectivity index (χ1v) is 7.68. The number of hydrogen-bond acceptors (Lipinski definition) is 4. The zero-order valence-corrected chi connectivity index (χ0v) is 13.8. The van der Waals surface area contributed by atoms with Crippen molar-refractivity contribution in [1.29, 1.82) is 0 Å². The largest absolute Gasteiger partial charge is 0.385 e. The van der Waals surface area contributed by atoms with Crippen LogP contribution in [0.5, 0.6) is 0 Å². The molecule has 1 amide bonds. The number of hydrogen-bond donors (Lipinski definition) is 2. The van der Waals surface area contributed by atoms with E-state index in [1.807, 2.05) is 32.0 Å². The van der Waals surface area contributed by atoms with Crippen molar-refractivity contribution in [2.45, 2.75) is 20.3 Å². The van der Waals surface area contributed by atoms with Crippen molar-refractivity contribution < 1.29 is 9.53 Å². The monoisotopic (exact) mass is 313 g/mol. The van der Waals surface area contributed by atoms with Crippen molar-refractivity contribution in [3.05, 3.63) is 53.2 Å². The molecule has 0 radical (unpaired) electrons. The molecule has 0 atom stereocenters. The Morgan fingerprint density at radius 3 is 2.65 bits per heavy atom. The van der Waals surface area contributed by atoms with Crippen LogP contribution in [0.1, 0.15) is 27.9 Å². The van der Waals surface area contributed by atoms with Gasteiger partial charge in [0.15, 0.2) is 0 Å². The van der Waals surface area contributed by atoms with E-state index in [1.54, 1.807) is 25.4 Å². The Hall–Kier alpha value is -2.40. The molecule has 0 aliphatic carbocycles. The van der Waals surface area contributed by atoms with Gasteiger partial charge in [-0.15, -0.1) is 0 Å². The van der Waals surface area contributed by atoms with Gasteiger partial charge < -0.3 is 15.4 Å². The SMILES string of the molecule is COCCCNC(=O)c1ccnc(Nc2c(C)cccc2C)c1. The molecule has 0 saturated carbocycles. The molecule has 122 valence electrons. The lowest BCUT2D eigenvalue weighted by atomic mass is 10.1. The molecule has 2 rings (SSSR count). The number of aryl methyl sites for hydroxylation is 2. The van der Waals surface area contributed by atoms with E-state index in [-0.39, 0.29) is 5.91 Å². The van der Waals surface area contributed by atoms with E-state index in [9.17, 15) is 4.79 Å². The fraction of sp³-hybridized carbons (Fsp3) is 0.333. The van der Waals surface area contributed by atoms with Gasteiger partial charge in [-0.25, -0.2) is 4.98 Å². The van der Waals surface area contributed by atoms with Crippen LogP contribution in [0.15, 0.2) is 36.5 Å². The molecule has 0 fully saturated rings. The Morgan fingerprint density at radius 1 is 1.22 bits per heavy atom.